The Morgan fingerprint density at radius 3 is 1.75 bits per heavy atom. The van der Waals surface area contributed by atoms with Crippen molar-refractivity contribution >= 4 is 0 Å². The Balaban J connectivity index is 2.20. The van der Waals surface area contributed by atoms with Gasteiger partial charge in [0.15, 0.2) is 0 Å². The molecule has 4 heavy (non-hydrogen) atoms. The molecule has 24 valence electrons. The molecule has 1 saturated carbocycles. The summed E-state index contributed by atoms with van der Waals surface area (Å²) in [7, 11) is 0. The molecule has 1 aliphatic rings. The fourth-order valence-electron chi connectivity index (χ4n) is 0.167. The summed E-state index contributed by atoms with van der Waals surface area (Å²) in [4.78, 5) is 0. The Kier molecular flexibility index (Phi) is 0.188. The summed E-state index contributed by atoms with van der Waals surface area (Å²) in [5.74, 6) is 0. The minimum atomic E-state index is -0.0509. The van der Waals surface area contributed by atoms with Crippen LogP contribution in [-0.4, -0.2) is 0 Å². The summed E-state index contributed by atoms with van der Waals surface area (Å²) >= 11 is 0. The second kappa shape index (κ2) is 0.750. The number of hydrogen-bond donors (Lipinski definition) is 0. The standard InChI is InChI=1S/C4H8/c1-2-4-3-1/h1-4H2/i1D,2D. The van der Waals surface area contributed by atoms with Gasteiger partial charge in [0, 0.05) is 2.74 Å². The summed E-state index contributed by atoms with van der Waals surface area (Å²) in [6.07, 6.45) is 1.80. The summed E-state index contributed by atoms with van der Waals surface area (Å²) in [5.41, 5.74) is 0. The molecule has 0 heteroatoms. The average molecular weight is 58.1 g/mol. The molecule has 0 bridgehead atoms. The molecule has 0 aromatic heterocycles. The van der Waals surface area contributed by atoms with E-state index in [-0.39, 0.29) is 12.8 Å². The van der Waals surface area contributed by atoms with Gasteiger partial charge in [-0.1, -0.05) is 25.6 Å². The van der Waals surface area contributed by atoms with Crippen LogP contribution in [0.2, 0.25) is 0 Å². The van der Waals surface area contributed by atoms with Gasteiger partial charge in [-0.05, 0) is 0 Å². The smallest absolute Gasteiger partial charge is 0.0267 e. The highest BCUT2D eigenvalue weighted by atomic mass is 14.0. The maximum Gasteiger partial charge on any atom is 0.0267 e. The fraction of sp³-hybridized carbons (Fsp3) is 1.00. The molecule has 1 aliphatic carbocycles. The van der Waals surface area contributed by atoms with Crippen molar-refractivity contribution in [3.05, 3.63) is 0 Å². The normalized spacial score (nSPS) is 68.0. The van der Waals surface area contributed by atoms with E-state index < -0.39 is 0 Å². The van der Waals surface area contributed by atoms with Crippen LogP contribution in [0.4, 0.5) is 0 Å². The van der Waals surface area contributed by atoms with E-state index >= 15 is 0 Å². The first-order valence-corrected chi connectivity index (χ1v) is 1.65. The lowest BCUT2D eigenvalue weighted by Crippen LogP contribution is -1.85. The Labute approximate surface area is 29.6 Å². The molecule has 1 fully saturated rings. The zero-order valence-electron chi connectivity index (χ0n) is 4.57. The Morgan fingerprint density at radius 1 is 1.25 bits per heavy atom. The SMILES string of the molecule is [2H]C1CCC1[2H]. The largest absolute Gasteiger partial charge is 0.0533 e. The van der Waals surface area contributed by atoms with E-state index in [1.807, 2.05) is 0 Å². The van der Waals surface area contributed by atoms with Crippen molar-refractivity contribution in [3.8, 4) is 0 Å². The van der Waals surface area contributed by atoms with E-state index in [1.54, 1.807) is 0 Å². The molecular formula is C4H8. The van der Waals surface area contributed by atoms with Crippen LogP contribution in [0.25, 0.3) is 0 Å². The highest BCUT2D eigenvalue weighted by Crippen LogP contribution is 2.15. The van der Waals surface area contributed by atoms with Crippen molar-refractivity contribution in [2.45, 2.75) is 25.6 Å². The van der Waals surface area contributed by atoms with Crippen LogP contribution in [0.5, 0.6) is 0 Å². The highest BCUT2D eigenvalue weighted by Gasteiger charge is 1.95. The summed E-state index contributed by atoms with van der Waals surface area (Å²) < 4.78 is 13.9. The van der Waals surface area contributed by atoms with E-state index in [9.17, 15) is 0 Å². The summed E-state index contributed by atoms with van der Waals surface area (Å²) in [6, 6.07) is 0. The molecule has 0 spiro atoms. The minimum absolute atomic E-state index is 0.0509. The van der Waals surface area contributed by atoms with Crippen LogP contribution < -0.4 is 0 Å². The molecule has 0 aromatic carbocycles. The van der Waals surface area contributed by atoms with Gasteiger partial charge in [-0.25, -0.2) is 0 Å². The first-order chi connectivity index (χ1) is 2.80. The summed E-state index contributed by atoms with van der Waals surface area (Å²) in [6.45, 7) is 0. The molecule has 0 saturated heterocycles. The number of rotatable bonds is 0. The van der Waals surface area contributed by atoms with Gasteiger partial charge in [-0.2, -0.15) is 0 Å². The van der Waals surface area contributed by atoms with Crippen LogP contribution in [0.3, 0.4) is 0 Å². The topological polar surface area (TPSA) is 0 Å². The highest BCUT2D eigenvalue weighted by molar-refractivity contribution is 4.50. The lowest BCUT2D eigenvalue weighted by atomic mass is 10.0. The van der Waals surface area contributed by atoms with Crippen LogP contribution in [-0.2, 0) is 0 Å². The van der Waals surface area contributed by atoms with Gasteiger partial charge in [0.2, 0.25) is 0 Å². The van der Waals surface area contributed by atoms with E-state index in [2.05, 4.69) is 0 Å². The minimum Gasteiger partial charge on any atom is -0.0533 e. The molecule has 0 heterocycles. The second-order valence-electron chi connectivity index (χ2n) is 1.05. The van der Waals surface area contributed by atoms with Gasteiger partial charge in [0.1, 0.15) is 0 Å². The second-order valence-corrected chi connectivity index (χ2v) is 1.05. The molecule has 1 rings (SSSR count). The molecule has 2 unspecified atom stereocenters. The summed E-state index contributed by atoms with van der Waals surface area (Å²) in [5, 5.41) is 0. The third-order valence-corrected chi connectivity index (χ3v) is 0.667. The quantitative estimate of drug-likeness (QED) is 0.396. The average Bonchev–Trinajstić information content (AvgIpc) is 1.61. The van der Waals surface area contributed by atoms with Crippen molar-refractivity contribution in [1.82, 2.24) is 0 Å². The van der Waals surface area contributed by atoms with Crippen molar-refractivity contribution < 1.29 is 2.74 Å². The van der Waals surface area contributed by atoms with Gasteiger partial charge in [-0.3, -0.25) is 0 Å². The molecule has 0 aromatic rings. The monoisotopic (exact) mass is 58.1 g/mol. The predicted octanol–water partition coefficient (Wildman–Crippen LogP) is 1.56. The van der Waals surface area contributed by atoms with Crippen LogP contribution >= 0.6 is 0 Å². The van der Waals surface area contributed by atoms with E-state index in [4.69, 9.17) is 2.74 Å². The molecular weight excluding hydrogens is 48.0 g/mol. The van der Waals surface area contributed by atoms with Crippen LogP contribution in [0.1, 0.15) is 28.4 Å². The predicted molar refractivity (Wildman–Crippen MR) is 18.5 cm³/mol. The Bertz CT molecular complexity index is 45.5. The van der Waals surface area contributed by atoms with Crippen molar-refractivity contribution in [2.24, 2.45) is 0 Å². The lowest BCUT2D eigenvalue weighted by molar-refractivity contribution is 0.504. The first-order valence-electron chi connectivity index (χ1n) is 2.80. The van der Waals surface area contributed by atoms with Crippen molar-refractivity contribution in [1.29, 1.82) is 0 Å². The van der Waals surface area contributed by atoms with Gasteiger partial charge in [-0.15, -0.1) is 0 Å². The molecule has 0 amide bonds. The Hall–Kier alpha value is 0. The first kappa shape index (κ1) is 1.00. The molecule has 0 N–H and O–H groups in total. The van der Waals surface area contributed by atoms with Gasteiger partial charge in [0.25, 0.3) is 0 Å². The van der Waals surface area contributed by atoms with Gasteiger partial charge >= 0.3 is 0 Å². The fourth-order valence-corrected chi connectivity index (χ4v) is 0.167. The molecule has 0 aliphatic heterocycles. The van der Waals surface area contributed by atoms with E-state index in [1.165, 1.54) is 0 Å². The van der Waals surface area contributed by atoms with Gasteiger partial charge < -0.3 is 0 Å². The van der Waals surface area contributed by atoms with Crippen molar-refractivity contribution in [3.63, 3.8) is 0 Å². The maximum atomic E-state index is 6.93. The molecule has 2 atom stereocenters. The molecule has 0 nitrogen and oxygen atoms in total. The third-order valence-electron chi connectivity index (χ3n) is 0.667. The van der Waals surface area contributed by atoms with E-state index in [0.29, 0.717) is 0 Å². The van der Waals surface area contributed by atoms with Gasteiger partial charge in [0.05, 0.1) is 0 Å². The zero-order chi connectivity index (χ0) is 4.57. The molecule has 0 radical (unpaired) electrons. The lowest BCUT2D eigenvalue weighted by Gasteiger charge is -2.05. The van der Waals surface area contributed by atoms with Crippen molar-refractivity contribution in [2.75, 3.05) is 0 Å². The van der Waals surface area contributed by atoms with E-state index in [0.717, 1.165) is 12.8 Å². The van der Waals surface area contributed by atoms with Crippen LogP contribution in [0, 0.1) is 0 Å². The van der Waals surface area contributed by atoms with Crippen LogP contribution in [0.15, 0.2) is 0 Å². The Morgan fingerprint density at radius 2 is 1.75 bits per heavy atom. The third kappa shape index (κ3) is 0.125. The zero-order valence-corrected chi connectivity index (χ0v) is 2.57. The maximum absolute atomic E-state index is 6.93. The number of hydrogen-bond acceptors (Lipinski definition) is 0.